The Bertz CT molecular complexity index is 1040. The van der Waals surface area contributed by atoms with Gasteiger partial charge in [0.25, 0.3) is 0 Å². The van der Waals surface area contributed by atoms with Crippen molar-refractivity contribution < 1.29 is 48.4 Å². The van der Waals surface area contributed by atoms with Crippen LogP contribution in [0.2, 0.25) is 0 Å². The van der Waals surface area contributed by atoms with Crippen LogP contribution in [0.25, 0.3) is 0 Å². The molecular weight excluding hydrogens is 478 g/mol. The minimum absolute atomic E-state index is 0.0136. The quantitative estimate of drug-likeness (QED) is 0.356. The molecule has 0 N–H and O–H groups in total. The van der Waals surface area contributed by atoms with Gasteiger partial charge in [-0.15, -0.1) is 0 Å². The molecule has 1 aliphatic heterocycles. The summed E-state index contributed by atoms with van der Waals surface area (Å²) in [6.07, 6.45) is -2.54. The molecule has 33 heavy (non-hydrogen) atoms. The van der Waals surface area contributed by atoms with Crippen molar-refractivity contribution in [3.05, 3.63) is 65.7 Å². The predicted molar refractivity (Wildman–Crippen MR) is 105 cm³/mol. The molecule has 0 radical (unpaired) electrons. The highest BCUT2D eigenvalue weighted by Gasteiger charge is 2.77. The highest BCUT2D eigenvalue weighted by atomic mass is 32.2. The Hall–Kier alpha value is -2.31. The van der Waals surface area contributed by atoms with Crippen molar-refractivity contribution in [3.63, 3.8) is 0 Å². The van der Waals surface area contributed by atoms with Crippen molar-refractivity contribution in [2.45, 2.75) is 42.7 Å². The van der Waals surface area contributed by atoms with Crippen LogP contribution in [0.4, 0.5) is 26.3 Å². The fourth-order valence-corrected chi connectivity index (χ4v) is 4.00. The van der Waals surface area contributed by atoms with Crippen molar-refractivity contribution in [1.29, 1.82) is 0 Å². The largest absolute Gasteiger partial charge is 0.449 e. The van der Waals surface area contributed by atoms with Gasteiger partial charge in [-0.2, -0.15) is 34.8 Å². The number of halogens is 6. The van der Waals surface area contributed by atoms with Crippen molar-refractivity contribution >= 4 is 10.1 Å². The average molecular weight is 498 g/mol. The van der Waals surface area contributed by atoms with E-state index in [-0.39, 0.29) is 5.92 Å². The lowest BCUT2D eigenvalue weighted by molar-refractivity contribution is -0.281. The summed E-state index contributed by atoms with van der Waals surface area (Å²) in [5, 5.41) is -6.18. The Kier molecular flexibility index (Phi) is 7.02. The van der Waals surface area contributed by atoms with Gasteiger partial charge >= 0.3 is 27.2 Å². The van der Waals surface area contributed by atoms with Gasteiger partial charge in [-0.25, -0.2) is 0 Å². The molecule has 2 aromatic carbocycles. The smallest absolute Gasteiger partial charge is 0.378 e. The average Bonchev–Trinajstić information content (AvgIpc) is 2.79. The van der Waals surface area contributed by atoms with Crippen molar-refractivity contribution in [1.82, 2.24) is 0 Å². The zero-order valence-corrected chi connectivity index (χ0v) is 18.0. The van der Waals surface area contributed by atoms with Crippen LogP contribution in [-0.2, 0) is 19.6 Å². The van der Waals surface area contributed by atoms with Crippen LogP contribution in [0.1, 0.15) is 36.7 Å². The molecule has 1 saturated heterocycles. The Morgan fingerprint density at radius 2 is 1.42 bits per heavy atom. The van der Waals surface area contributed by atoms with Crippen LogP contribution in [0.5, 0.6) is 5.75 Å². The lowest BCUT2D eigenvalue weighted by atomic mass is 10.0. The van der Waals surface area contributed by atoms with Crippen LogP contribution < -0.4 is 4.18 Å². The molecule has 0 bridgehead atoms. The maximum absolute atomic E-state index is 13.9. The van der Waals surface area contributed by atoms with E-state index in [1.807, 2.05) is 30.3 Å². The van der Waals surface area contributed by atoms with Crippen molar-refractivity contribution in [3.8, 4) is 5.75 Å². The summed E-state index contributed by atoms with van der Waals surface area (Å²) in [5.74, 6) is -12.2. The first-order valence-electron chi connectivity index (χ1n) is 9.78. The summed E-state index contributed by atoms with van der Waals surface area (Å²) in [6, 6.07) is 13.7. The normalized spacial score (nSPS) is 20.5. The molecule has 0 aliphatic carbocycles. The van der Waals surface area contributed by atoms with Gasteiger partial charge in [-0.05, 0) is 17.7 Å². The molecule has 0 saturated carbocycles. The molecule has 0 atom stereocenters. The van der Waals surface area contributed by atoms with E-state index in [1.165, 1.54) is 12.1 Å². The second-order valence-electron chi connectivity index (χ2n) is 7.36. The van der Waals surface area contributed by atoms with Gasteiger partial charge in [0.05, 0.1) is 13.2 Å². The van der Waals surface area contributed by atoms with Crippen molar-refractivity contribution in [2.75, 3.05) is 13.2 Å². The summed E-state index contributed by atoms with van der Waals surface area (Å²) >= 11 is 0. The molecule has 12 heteroatoms. The van der Waals surface area contributed by atoms with Crippen LogP contribution in [0.3, 0.4) is 0 Å². The van der Waals surface area contributed by atoms with Crippen LogP contribution in [0.15, 0.2) is 54.6 Å². The van der Waals surface area contributed by atoms with E-state index in [9.17, 15) is 34.8 Å². The molecule has 3 rings (SSSR count). The third-order valence-electron chi connectivity index (χ3n) is 5.11. The first kappa shape index (κ1) is 25.3. The lowest BCUT2D eigenvalue weighted by Gasteiger charge is -2.31. The Labute approximate surface area is 186 Å². The van der Waals surface area contributed by atoms with E-state index in [0.29, 0.717) is 25.7 Å². The number of ether oxygens (including phenoxy) is 2. The number of hydrogen-bond donors (Lipinski definition) is 0. The maximum atomic E-state index is 13.9. The van der Waals surface area contributed by atoms with Crippen molar-refractivity contribution in [2.24, 2.45) is 0 Å². The van der Waals surface area contributed by atoms with E-state index in [0.717, 1.165) is 17.7 Å². The van der Waals surface area contributed by atoms with Gasteiger partial charge < -0.3 is 13.7 Å². The fraction of sp³-hybridized carbons (Fsp3) is 0.429. The Balaban J connectivity index is 1.68. The summed E-state index contributed by atoms with van der Waals surface area (Å²) in [4.78, 5) is 0. The summed E-state index contributed by atoms with van der Waals surface area (Å²) in [7, 11) is -6.47. The first-order valence-corrected chi connectivity index (χ1v) is 11.2. The van der Waals surface area contributed by atoms with Gasteiger partial charge in [0, 0.05) is 17.9 Å². The third kappa shape index (κ3) is 4.82. The van der Waals surface area contributed by atoms with E-state index < -0.39 is 45.7 Å². The van der Waals surface area contributed by atoms with Gasteiger partial charge in [0.15, 0.2) is 6.29 Å². The molecule has 0 aromatic heterocycles. The Morgan fingerprint density at radius 3 is 1.94 bits per heavy atom. The molecule has 1 aliphatic rings. The van der Waals surface area contributed by atoms with Gasteiger partial charge in [0.2, 0.25) is 0 Å². The van der Waals surface area contributed by atoms with Gasteiger partial charge in [0.1, 0.15) is 5.75 Å². The first-order chi connectivity index (χ1) is 15.3. The second-order valence-corrected chi connectivity index (χ2v) is 8.95. The van der Waals surface area contributed by atoms with E-state index in [1.54, 1.807) is 0 Å². The van der Waals surface area contributed by atoms with E-state index in [4.69, 9.17) is 9.47 Å². The monoisotopic (exact) mass is 498 g/mol. The van der Waals surface area contributed by atoms with E-state index in [2.05, 4.69) is 4.18 Å². The van der Waals surface area contributed by atoms with Crippen LogP contribution >= 0.6 is 0 Å². The maximum Gasteiger partial charge on any atom is 0.449 e. The molecular formula is C21H20F6O5S. The van der Waals surface area contributed by atoms with Gasteiger partial charge in [-0.1, -0.05) is 49.4 Å². The lowest BCUT2D eigenvalue weighted by Crippen LogP contribution is -2.58. The standard InChI is InChI=1S/C21H20F6O5S/c1-2-19(22,23)20(24,25)21(26,27)33(28,29)32-17-10-8-15(9-11-17)18-30-12-16(13-31-18)14-6-4-3-5-7-14/h3-11,16,18H,2,12-13H2,1H3. The zero-order chi connectivity index (χ0) is 24.5. The number of alkyl halides is 6. The fourth-order valence-electron chi connectivity index (χ4n) is 3.06. The molecule has 182 valence electrons. The second kappa shape index (κ2) is 9.15. The predicted octanol–water partition coefficient (Wildman–Crippen LogP) is 5.50. The third-order valence-corrected chi connectivity index (χ3v) is 6.41. The van der Waals surface area contributed by atoms with Crippen LogP contribution in [0, 0.1) is 0 Å². The summed E-state index contributed by atoms with van der Waals surface area (Å²) in [5.41, 5.74) is 1.39. The SMILES string of the molecule is CCC(F)(F)C(F)(F)C(F)(F)S(=O)(=O)Oc1ccc(C2OCC(c3ccccc3)CO2)cc1. The molecule has 1 heterocycles. The Morgan fingerprint density at radius 1 is 0.879 bits per heavy atom. The zero-order valence-electron chi connectivity index (χ0n) is 17.2. The molecule has 1 fully saturated rings. The van der Waals surface area contributed by atoms with Crippen LogP contribution in [-0.4, -0.2) is 38.7 Å². The minimum atomic E-state index is -6.47. The topological polar surface area (TPSA) is 61.8 Å². The summed E-state index contributed by atoms with van der Waals surface area (Å²) in [6.45, 7) is 1.15. The van der Waals surface area contributed by atoms with Gasteiger partial charge in [-0.3, -0.25) is 0 Å². The minimum Gasteiger partial charge on any atom is -0.378 e. The molecule has 5 nitrogen and oxygen atoms in total. The number of benzene rings is 2. The molecule has 0 spiro atoms. The number of rotatable bonds is 8. The molecule has 0 amide bonds. The highest BCUT2D eigenvalue weighted by molar-refractivity contribution is 7.88. The highest BCUT2D eigenvalue weighted by Crippen LogP contribution is 2.50. The van der Waals surface area contributed by atoms with E-state index >= 15 is 0 Å². The molecule has 0 unspecified atom stereocenters. The summed E-state index contributed by atoms with van der Waals surface area (Å²) < 4.78 is 121. The molecule has 2 aromatic rings. The number of hydrogen-bond acceptors (Lipinski definition) is 5.